The van der Waals surface area contributed by atoms with E-state index in [0.717, 1.165) is 29.4 Å². The van der Waals surface area contributed by atoms with E-state index in [1.807, 2.05) is 0 Å². The van der Waals surface area contributed by atoms with Gasteiger partial charge in [0.15, 0.2) is 0 Å². The molecular formula is C16H16Cl2N4O5S3. The van der Waals surface area contributed by atoms with Crippen molar-refractivity contribution < 1.29 is 18.1 Å². The number of nitro groups is 1. The first-order valence-electron chi connectivity index (χ1n) is 8.57. The van der Waals surface area contributed by atoms with Gasteiger partial charge < -0.3 is 5.32 Å². The average Bonchev–Trinajstić information content (AvgIpc) is 3.09. The van der Waals surface area contributed by atoms with E-state index in [-0.39, 0.29) is 30.9 Å². The van der Waals surface area contributed by atoms with Crippen LogP contribution in [0, 0.1) is 10.1 Å². The summed E-state index contributed by atoms with van der Waals surface area (Å²) in [5.74, 6) is -0.445. The Morgan fingerprint density at radius 2 is 1.93 bits per heavy atom. The molecule has 9 nitrogen and oxygen atoms in total. The standard InChI is InChI=1S/C16H16Cl2N4O5S3/c1-30(26,27)21-4-2-9(3-5-21)20-15(23)13-6-12(22(24)25)16(28-13)29-14-10(17)7-19-8-11(14)18/h6-9H,2-5H2,1H3,(H,20,23). The summed E-state index contributed by atoms with van der Waals surface area (Å²) >= 11 is 14.2. The van der Waals surface area contributed by atoms with Crippen LogP contribution in [0.4, 0.5) is 5.69 Å². The van der Waals surface area contributed by atoms with E-state index >= 15 is 0 Å². The average molecular weight is 511 g/mol. The minimum atomic E-state index is -3.26. The van der Waals surface area contributed by atoms with Crippen LogP contribution in [0.1, 0.15) is 22.5 Å². The Hall–Kier alpha value is -1.44. The number of piperidine rings is 1. The summed E-state index contributed by atoms with van der Waals surface area (Å²) in [5.41, 5.74) is -0.217. The van der Waals surface area contributed by atoms with Gasteiger partial charge in [0.2, 0.25) is 10.0 Å². The SMILES string of the molecule is CS(=O)(=O)N1CCC(NC(=O)c2cc([N+](=O)[O-])c(Sc3c(Cl)cncc3Cl)s2)CC1. The molecule has 0 aromatic carbocycles. The molecule has 3 heterocycles. The first-order chi connectivity index (χ1) is 14.1. The Balaban J connectivity index is 1.75. The summed E-state index contributed by atoms with van der Waals surface area (Å²) in [6, 6.07) is 1.01. The Morgan fingerprint density at radius 1 is 1.33 bits per heavy atom. The van der Waals surface area contributed by atoms with Crippen LogP contribution in [-0.2, 0) is 10.0 Å². The zero-order valence-corrected chi connectivity index (χ0v) is 19.5. The highest BCUT2D eigenvalue weighted by Crippen LogP contribution is 2.45. The van der Waals surface area contributed by atoms with Gasteiger partial charge in [-0.05, 0) is 12.8 Å². The van der Waals surface area contributed by atoms with Crippen LogP contribution in [-0.4, -0.2) is 53.9 Å². The monoisotopic (exact) mass is 510 g/mol. The predicted molar refractivity (Wildman–Crippen MR) is 116 cm³/mol. The molecule has 30 heavy (non-hydrogen) atoms. The second-order valence-corrected chi connectivity index (χ2v) is 11.6. The molecule has 1 saturated heterocycles. The van der Waals surface area contributed by atoms with Crippen molar-refractivity contribution in [2.45, 2.75) is 28.0 Å². The largest absolute Gasteiger partial charge is 0.349 e. The van der Waals surface area contributed by atoms with Crippen molar-refractivity contribution in [2.24, 2.45) is 0 Å². The maximum atomic E-state index is 12.6. The smallest absolute Gasteiger partial charge is 0.294 e. The number of halogens is 2. The number of carbonyl (C=O) groups excluding carboxylic acids is 1. The molecule has 162 valence electrons. The van der Waals surface area contributed by atoms with Crippen molar-refractivity contribution >= 4 is 67.9 Å². The van der Waals surface area contributed by atoms with E-state index in [1.165, 1.54) is 22.8 Å². The highest BCUT2D eigenvalue weighted by molar-refractivity contribution is 8.01. The molecule has 0 aliphatic carbocycles. The molecule has 0 spiro atoms. The van der Waals surface area contributed by atoms with Crippen LogP contribution in [0.25, 0.3) is 0 Å². The number of pyridine rings is 1. The molecule has 2 aromatic heterocycles. The van der Waals surface area contributed by atoms with E-state index in [1.54, 1.807) is 0 Å². The van der Waals surface area contributed by atoms with Crippen LogP contribution in [0.5, 0.6) is 0 Å². The molecule has 0 unspecified atom stereocenters. The molecule has 2 aromatic rings. The summed E-state index contributed by atoms with van der Waals surface area (Å²) in [6.45, 7) is 0.628. The van der Waals surface area contributed by atoms with Gasteiger partial charge in [-0.15, -0.1) is 11.3 Å². The topological polar surface area (TPSA) is 123 Å². The lowest BCUT2D eigenvalue weighted by Gasteiger charge is -2.30. The van der Waals surface area contributed by atoms with Crippen LogP contribution < -0.4 is 5.32 Å². The Labute approximate surface area is 191 Å². The molecule has 0 saturated carbocycles. The minimum absolute atomic E-state index is 0.177. The van der Waals surface area contributed by atoms with Gasteiger partial charge in [-0.2, -0.15) is 0 Å². The second kappa shape index (κ2) is 9.37. The quantitative estimate of drug-likeness (QED) is 0.464. The van der Waals surface area contributed by atoms with Crippen LogP contribution in [0.15, 0.2) is 27.6 Å². The lowest BCUT2D eigenvalue weighted by molar-refractivity contribution is -0.387. The number of thiophene rings is 1. The predicted octanol–water partition coefficient (Wildman–Crippen LogP) is 3.66. The number of carbonyl (C=O) groups is 1. The van der Waals surface area contributed by atoms with Gasteiger partial charge in [0, 0.05) is 37.6 Å². The fourth-order valence-corrected chi connectivity index (χ4v) is 6.49. The number of rotatable bonds is 6. The van der Waals surface area contributed by atoms with E-state index < -0.39 is 20.9 Å². The van der Waals surface area contributed by atoms with Gasteiger partial charge in [0.1, 0.15) is 9.09 Å². The number of hydrogen-bond donors (Lipinski definition) is 1. The van der Waals surface area contributed by atoms with Gasteiger partial charge >= 0.3 is 0 Å². The molecular weight excluding hydrogens is 495 g/mol. The van der Waals surface area contributed by atoms with Gasteiger partial charge in [0.25, 0.3) is 11.6 Å². The van der Waals surface area contributed by atoms with Crippen LogP contribution >= 0.6 is 46.3 Å². The van der Waals surface area contributed by atoms with Crippen LogP contribution in [0.2, 0.25) is 10.0 Å². The van der Waals surface area contributed by atoms with E-state index in [4.69, 9.17) is 23.2 Å². The highest BCUT2D eigenvalue weighted by Gasteiger charge is 2.28. The highest BCUT2D eigenvalue weighted by atomic mass is 35.5. The number of sulfonamides is 1. The lowest BCUT2D eigenvalue weighted by Crippen LogP contribution is -2.46. The third-order valence-electron chi connectivity index (χ3n) is 4.36. The summed E-state index contributed by atoms with van der Waals surface area (Å²) in [4.78, 5) is 28.0. The van der Waals surface area contributed by atoms with Crippen molar-refractivity contribution in [1.82, 2.24) is 14.6 Å². The van der Waals surface area contributed by atoms with Gasteiger partial charge in [-0.25, -0.2) is 12.7 Å². The zero-order valence-electron chi connectivity index (χ0n) is 15.5. The maximum Gasteiger partial charge on any atom is 0.294 e. The van der Waals surface area contributed by atoms with Crippen molar-refractivity contribution in [1.29, 1.82) is 0 Å². The lowest BCUT2D eigenvalue weighted by atomic mass is 10.1. The molecule has 1 fully saturated rings. The van der Waals surface area contributed by atoms with E-state index in [2.05, 4.69) is 10.3 Å². The number of nitrogens with zero attached hydrogens (tertiary/aromatic N) is 3. The molecule has 3 rings (SSSR count). The first-order valence-corrected chi connectivity index (χ1v) is 12.8. The molecule has 1 aliphatic rings. The molecule has 1 N–H and O–H groups in total. The van der Waals surface area contributed by atoms with Crippen molar-refractivity contribution in [3.8, 4) is 0 Å². The molecule has 0 radical (unpaired) electrons. The molecule has 0 atom stereocenters. The number of hydrogen-bond acceptors (Lipinski definition) is 8. The van der Waals surface area contributed by atoms with Crippen molar-refractivity contribution in [2.75, 3.05) is 19.3 Å². The number of nitrogens with one attached hydrogen (secondary N) is 1. The van der Waals surface area contributed by atoms with Gasteiger partial charge in [0.05, 0.1) is 26.1 Å². The fraction of sp³-hybridized carbons (Fsp3) is 0.375. The number of aromatic nitrogens is 1. The van der Waals surface area contributed by atoms with Crippen molar-refractivity contribution in [3.05, 3.63) is 43.5 Å². The summed E-state index contributed by atoms with van der Waals surface area (Å²) < 4.78 is 24.8. The second-order valence-electron chi connectivity index (χ2n) is 6.48. The van der Waals surface area contributed by atoms with Gasteiger partial charge in [-0.1, -0.05) is 35.0 Å². The summed E-state index contributed by atoms with van der Waals surface area (Å²) in [6.07, 6.45) is 4.85. The summed E-state index contributed by atoms with van der Waals surface area (Å²) in [5, 5.41) is 14.8. The first kappa shape index (κ1) is 23.2. The van der Waals surface area contributed by atoms with E-state index in [0.29, 0.717) is 30.8 Å². The summed E-state index contributed by atoms with van der Waals surface area (Å²) in [7, 11) is -3.26. The Kier molecular flexibility index (Phi) is 7.25. The molecule has 0 bridgehead atoms. The minimum Gasteiger partial charge on any atom is -0.349 e. The third-order valence-corrected chi connectivity index (χ3v) is 8.92. The third kappa shape index (κ3) is 5.42. The normalized spacial score (nSPS) is 15.8. The Bertz CT molecular complexity index is 1060. The molecule has 1 amide bonds. The molecule has 1 aliphatic heterocycles. The van der Waals surface area contributed by atoms with Crippen molar-refractivity contribution in [3.63, 3.8) is 0 Å². The van der Waals surface area contributed by atoms with Crippen LogP contribution in [0.3, 0.4) is 0 Å². The zero-order chi connectivity index (χ0) is 22.1. The van der Waals surface area contributed by atoms with E-state index in [9.17, 15) is 23.3 Å². The van der Waals surface area contributed by atoms with Gasteiger partial charge in [-0.3, -0.25) is 19.9 Å². The molecule has 14 heteroatoms. The number of amides is 1. The fourth-order valence-electron chi connectivity index (χ4n) is 2.85. The Morgan fingerprint density at radius 3 is 2.47 bits per heavy atom. The maximum absolute atomic E-state index is 12.6.